The third-order valence-electron chi connectivity index (χ3n) is 3.10. The van der Waals surface area contributed by atoms with Gasteiger partial charge in [-0.2, -0.15) is 0 Å². The second kappa shape index (κ2) is 4.80. The molecule has 0 radical (unpaired) electrons. The van der Waals surface area contributed by atoms with Crippen LogP contribution in [0.25, 0.3) is 11.1 Å². The van der Waals surface area contributed by atoms with Gasteiger partial charge in [0.15, 0.2) is 0 Å². The van der Waals surface area contributed by atoms with Crippen LogP contribution in [0, 0.1) is 25.5 Å². The van der Waals surface area contributed by atoms with Crippen molar-refractivity contribution in [1.29, 1.82) is 0 Å². The van der Waals surface area contributed by atoms with Crippen molar-refractivity contribution in [3.8, 4) is 11.1 Å². The Labute approximate surface area is 109 Å². The lowest BCUT2D eigenvalue weighted by molar-refractivity contribution is 0.0696. The van der Waals surface area contributed by atoms with Gasteiger partial charge in [-0.3, -0.25) is 0 Å². The minimum absolute atomic E-state index is 0.0729. The number of rotatable bonds is 2. The summed E-state index contributed by atoms with van der Waals surface area (Å²) < 4.78 is 27.5. The Morgan fingerprint density at radius 1 is 1.05 bits per heavy atom. The van der Waals surface area contributed by atoms with Crippen LogP contribution in [0.15, 0.2) is 30.3 Å². The lowest BCUT2D eigenvalue weighted by Gasteiger charge is -2.11. The number of hydrogen-bond acceptors (Lipinski definition) is 1. The zero-order valence-electron chi connectivity index (χ0n) is 10.5. The Morgan fingerprint density at radius 2 is 1.74 bits per heavy atom. The van der Waals surface area contributed by atoms with Crippen LogP contribution in [0.5, 0.6) is 0 Å². The fourth-order valence-corrected chi connectivity index (χ4v) is 2.01. The molecule has 0 aliphatic rings. The highest BCUT2D eigenvalue weighted by atomic mass is 19.1. The molecule has 2 aromatic carbocycles. The first-order chi connectivity index (χ1) is 8.91. The minimum atomic E-state index is -1.09. The molecule has 0 fully saturated rings. The summed E-state index contributed by atoms with van der Waals surface area (Å²) in [6.45, 7) is 3.05. The van der Waals surface area contributed by atoms with E-state index in [-0.39, 0.29) is 16.7 Å². The fraction of sp³-hybridized carbons (Fsp3) is 0.133. The first-order valence-electron chi connectivity index (χ1n) is 5.70. The molecule has 2 aromatic rings. The molecule has 2 nitrogen and oxygen atoms in total. The van der Waals surface area contributed by atoms with Gasteiger partial charge < -0.3 is 5.11 Å². The molecule has 0 aliphatic carbocycles. The van der Waals surface area contributed by atoms with E-state index in [1.807, 2.05) is 0 Å². The van der Waals surface area contributed by atoms with Crippen molar-refractivity contribution in [1.82, 2.24) is 0 Å². The summed E-state index contributed by atoms with van der Waals surface area (Å²) in [5.74, 6) is -2.17. The van der Waals surface area contributed by atoms with E-state index in [9.17, 15) is 13.6 Å². The highest BCUT2D eigenvalue weighted by Gasteiger charge is 2.15. The number of halogens is 2. The van der Waals surface area contributed by atoms with Crippen LogP contribution in [-0.2, 0) is 0 Å². The molecule has 0 atom stereocenters. The summed E-state index contributed by atoms with van der Waals surface area (Å²) in [5, 5.41) is 9.04. The van der Waals surface area contributed by atoms with Gasteiger partial charge in [-0.1, -0.05) is 12.1 Å². The smallest absolute Gasteiger partial charge is 0.335 e. The van der Waals surface area contributed by atoms with Crippen molar-refractivity contribution < 1.29 is 18.7 Å². The highest BCUT2D eigenvalue weighted by Crippen LogP contribution is 2.29. The van der Waals surface area contributed by atoms with Gasteiger partial charge in [0.05, 0.1) is 5.56 Å². The van der Waals surface area contributed by atoms with Crippen LogP contribution >= 0.6 is 0 Å². The van der Waals surface area contributed by atoms with Gasteiger partial charge in [-0.25, -0.2) is 13.6 Å². The molecule has 0 unspecified atom stereocenters. The van der Waals surface area contributed by atoms with Gasteiger partial charge in [0.2, 0.25) is 0 Å². The Morgan fingerprint density at radius 3 is 2.37 bits per heavy atom. The van der Waals surface area contributed by atoms with E-state index in [4.69, 9.17) is 5.11 Å². The van der Waals surface area contributed by atoms with Gasteiger partial charge in [-0.15, -0.1) is 0 Å². The third-order valence-corrected chi connectivity index (χ3v) is 3.10. The lowest BCUT2D eigenvalue weighted by Crippen LogP contribution is -2.01. The maximum atomic E-state index is 13.9. The van der Waals surface area contributed by atoms with E-state index < -0.39 is 17.6 Å². The van der Waals surface area contributed by atoms with E-state index >= 15 is 0 Å². The molecule has 0 aromatic heterocycles. The number of carbonyl (C=O) groups is 1. The van der Waals surface area contributed by atoms with Crippen LogP contribution in [0.1, 0.15) is 21.5 Å². The molecule has 0 bridgehead atoms. The van der Waals surface area contributed by atoms with Crippen LogP contribution in [0.3, 0.4) is 0 Å². The molecule has 0 amide bonds. The Kier molecular flexibility index (Phi) is 3.34. The van der Waals surface area contributed by atoms with Crippen LogP contribution in [0.4, 0.5) is 8.78 Å². The summed E-state index contributed by atoms with van der Waals surface area (Å²) in [7, 11) is 0. The molecule has 0 aliphatic heterocycles. The standard InChI is InChI=1S/C15H12F2O2/c1-8-6-14(17)12(7-13(8)16)10-4-3-5-11(9(10)2)15(18)19/h3-7H,1-2H3,(H,18,19). The zero-order chi connectivity index (χ0) is 14.2. The van der Waals surface area contributed by atoms with Crippen molar-refractivity contribution in [3.63, 3.8) is 0 Å². The summed E-state index contributed by atoms with van der Waals surface area (Å²) >= 11 is 0. The minimum Gasteiger partial charge on any atom is -0.478 e. The van der Waals surface area contributed by atoms with E-state index in [0.29, 0.717) is 11.1 Å². The number of hydrogen-bond donors (Lipinski definition) is 1. The van der Waals surface area contributed by atoms with Crippen molar-refractivity contribution in [2.24, 2.45) is 0 Å². The van der Waals surface area contributed by atoms with E-state index in [1.165, 1.54) is 19.1 Å². The van der Waals surface area contributed by atoms with Gasteiger partial charge in [0.1, 0.15) is 11.6 Å². The number of aromatic carboxylic acids is 1. The van der Waals surface area contributed by atoms with Crippen LogP contribution in [-0.4, -0.2) is 11.1 Å². The molecule has 0 heterocycles. The summed E-state index contributed by atoms with van der Waals surface area (Å²) in [6, 6.07) is 6.73. The SMILES string of the molecule is Cc1cc(F)c(-c2cccc(C(=O)O)c2C)cc1F. The van der Waals surface area contributed by atoms with Gasteiger partial charge in [-0.05, 0) is 48.7 Å². The monoisotopic (exact) mass is 262 g/mol. The maximum Gasteiger partial charge on any atom is 0.335 e. The Bertz CT molecular complexity index is 663. The van der Waals surface area contributed by atoms with Gasteiger partial charge in [0, 0.05) is 5.56 Å². The Balaban J connectivity index is 2.69. The number of benzene rings is 2. The second-order valence-corrected chi connectivity index (χ2v) is 4.36. The van der Waals surface area contributed by atoms with Crippen LogP contribution < -0.4 is 0 Å². The molecular weight excluding hydrogens is 250 g/mol. The molecule has 19 heavy (non-hydrogen) atoms. The average molecular weight is 262 g/mol. The van der Waals surface area contributed by atoms with Crippen molar-refractivity contribution in [3.05, 3.63) is 58.7 Å². The first-order valence-corrected chi connectivity index (χ1v) is 5.70. The summed E-state index contributed by atoms with van der Waals surface area (Å²) in [5.41, 5.74) is 1.17. The second-order valence-electron chi connectivity index (χ2n) is 4.36. The van der Waals surface area contributed by atoms with E-state index in [0.717, 1.165) is 12.1 Å². The fourth-order valence-electron chi connectivity index (χ4n) is 2.01. The third kappa shape index (κ3) is 2.34. The largest absolute Gasteiger partial charge is 0.478 e. The van der Waals surface area contributed by atoms with E-state index in [2.05, 4.69) is 0 Å². The normalized spacial score (nSPS) is 10.5. The summed E-state index contributed by atoms with van der Waals surface area (Å²) in [6.07, 6.45) is 0. The molecular formula is C15H12F2O2. The maximum absolute atomic E-state index is 13.9. The number of aryl methyl sites for hydroxylation is 1. The van der Waals surface area contributed by atoms with Gasteiger partial charge >= 0.3 is 5.97 Å². The predicted octanol–water partition coefficient (Wildman–Crippen LogP) is 3.95. The van der Waals surface area contributed by atoms with Crippen molar-refractivity contribution in [2.75, 3.05) is 0 Å². The summed E-state index contributed by atoms with van der Waals surface area (Å²) in [4.78, 5) is 11.0. The van der Waals surface area contributed by atoms with E-state index in [1.54, 1.807) is 13.0 Å². The van der Waals surface area contributed by atoms with Gasteiger partial charge in [0.25, 0.3) is 0 Å². The Hall–Kier alpha value is -2.23. The molecule has 0 spiro atoms. The molecule has 2 rings (SSSR count). The number of carboxylic acids is 1. The molecule has 0 saturated carbocycles. The number of carboxylic acid groups (broad SMARTS) is 1. The van der Waals surface area contributed by atoms with Crippen molar-refractivity contribution >= 4 is 5.97 Å². The van der Waals surface area contributed by atoms with Crippen LogP contribution in [0.2, 0.25) is 0 Å². The predicted molar refractivity (Wildman–Crippen MR) is 68.2 cm³/mol. The molecule has 4 heteroatoms. The van der Waals surface area contributed by atoms with Crippen molar-refractivity contribution in [2.45, 2.75) is 13.8 Å². The molecule has 0 saturated heterocycles. The average Bonchev–Trinajstić information content (AvgIpc) is 2.34. The zero-order valence-corrected chi connectivity index (χ0v) is 10.5. The first kappa shape index (κ1) is 13.2. The highest BCUT2D eigenvalue weighted by molar-refractivity contribution is 5.92. The molecule has 98 valence electrons. The quantitative estimate of drug-likeness (QED) is 0.889. The lowest BCUT2D eigenvalue weighted by atomic mass is 9.95. The molecule has 1 N–H and O–H groups in total. The topological polar surface area (TPSA) is 37.3 Å².